The monoisotopic (exact) mass is 272 g/mol. The van der Waals surface area contributed by atoms with Crippen molar-refractivity contribution in [2.75, 3.05) is 6.61 Å². The fourth-order valence-corrected chi connectivity index (χ4v) is 2.12. The van der Waals surface area contributed by atoms with Crippen LogP contribution in [0.5, 0.6) is 0 Å². The molecule has 0 saturated carbocycles. The summed E-state index contributed by atoms with van der Waals surface area (Å²) in [6, 6.07) is 13.1. The molecule has 2 aromatic rings. The lowest BCUT2D eigenvalue weighted by Gasteiger charge is -2.20. The highest BCUT2D eigenvalue weighted by molar-refractivity contribution is 5.80. The van der Waals surface area contributed by atoms with Gasteiger partial charge in [0.2, 0.25) is 5.91 Å². The number of aliphatic hydroxyl groups is 1. The minimum atomic E-state index is -0.283. The molecule has 1 amide bonds. The SMILES string of the molecule is CC(C(=O)NC(CO)Cc1ccccc1)n1cccc1. The van der Waals surface area contributed by atoms with Crippen LogP contribution in [0.15, 0.2) is 54.9 Å². The van der Waals surface area contributed by atoms with E-state index in [0.29, 0.717) is 6.42 Å². The molecule has 20 heavy (non-hydrogen) atoms. The Hall–Kier alpha value is -2.07. The number of carbonyl (C=O) groups is 1. The molecule has 2 N–H and O–H groups in total. The van der Waals surface area contributed by atoms with E-state index in [9.17, 15) is 9.90 Å². The van der Waals surface area contributed by atoms with Crippen LogP contribution in [0.4, 0.5) is 0 Å². The van der Waals surface area contributed by atoms with Gasteiger partial charge in [-0.2, -0.15) is 0 Å². The van der Waals surface area contributed by atoms with Crippen LogP contribution in [-0.2, 0) is 11.2 Å². The lowest BCUT2D eigenvalue weighted by molar-refractivity contribution is -0.124. The highest BCUT2D eigenvalue weighted by atomic mass is 16.3. The Morgan fingerprint density at radius 3 is 2.45 bits per heavy atom. The Kier molecular flexibility index (Phi) is 4.96. The maximum Gasteiger partial charge on any atom is 0.243 e. The number of amides is 1. The summed E-state index contributed by atoms with van der Waals surface area (Å²) in [6.07, 6.45) is 4.34. The molecule has 4 nitrogen and oxygen atoms in total. The zero-order valence-electron chi connectivity index (χ0n) is 11.6. The van der Waals surface area contributed by atoms with Gasteiger partial charge in [-0.25, -0.2) is 0 Å². The van der Waals surface area contributed by atoms with Gasteiger partial charge in [0.05, 0.1) is 12.6 Å². The number of benzene rings is 1. The van der Waals surface area contributed by atoms with Crippen LogP contribution in [-0.4, -0.2) is 28.2 Å². The molecule has 4 heteroatoms. The van der Waals surface area contributed by atoms with Crippen molar-refractivity contribution in [1.29, 1.82) is 0 Å². The van der Waals surface area contributed by atoms with E-state index in [1.807, 2.05) is 66.3 Å². The van der Waals surface area contributed by atoms with Crippen molar-refractivity contribution in [2.24, 2.45) is 0 Å². The van der Waals surface area contributed by atoms with E-state index >= 15 is 0 Å². The predicted octanol–water partition coefficient (Wildman–Crippen LogP) is 1.77. The largest absolute Gasteiger partial charge is 0.394 e. The van der Waals surface area contributed by atoms with Crippen LogP contribution in [0.3, 0.4) is 0 Å². The minimum Gasteiger partial charge on any atom is -0.394 e. The van der Waals surface area contributed by atoms with Gasteiger partial charge in [0.1, 0.15) is 6.04 Å². The first-order valence-corrected chi connectivity index (χ1v) is 6.78. The van der Waals surface area contributed by atoms with Crippen molar-refractivity contribution in [1.82, 2.24) is 9.88 Å². The van der Waals surface area contributed by atoms with Crippen molar-refractivity contribution >= 4 is 5.91 Å². The number of hydrogen-bond donors (Lipinski definition) is 2. The summed E-state index contributed by atoms with van der Waals surface area (Å²) in [5.74, 6) is -0.0869. The summed E-state index contributed by atoms with van der Waals surface area (Å²) in [7, 11) is 0. The zero-order chi connectivity index (χ0) is 14.4. The summed E-state index contributed by atoms with van der Waals surface area (Å²) < 4.78 is 1.84. The molecule has 0 spiro atoms. The average molecular weight is 272 g/mol. The van der Waals surface area contributed by atoms with Gasteiger partial charge in [-0.3, -0.25) is 4.79 Å². The van der Waals surface area contributed by atoms with E-state index in [2.05, 4.69) is 5.32 Å². The smallest absolute Gasteiger partial charge is 0.243 e. The number of aliphatic hydroxyl groups excluding tert-OH is 1. The van der Waals surface area contributed by atoms with Gasteiger partial charge in [0.25, 0.3) is 0 Å². The second kappa shape index (κ2) is 6.91. The number of hydrogen-bond acceptors (Lipinski definition) is 2. The lowest BCUT2D eigenvalue weighted by atomic mass is 10.1. The Labute approximate surface area is 119 Å². The van der Waals surface area contributed by atoms with Crippen molar-refractivity contribution in [3.8, 4) is 0 Å². The first-order chi connectivity index (χ1) is 9.70. The van der Waals surface area contributed by atoms with Crippen molar-refractivity contribution in [3.63, 3.8) is 0 Å². The normalized spacial score (nSPS) is 13.7. The molecular weight excluding hydrogens is 252 g/mol. The molecule has 0 aliphatic carbocycles. The lowest BCUT2D eigenvalue weighted by Crippen LogP contribution is -2.42. The quantitative estimate of drug-likeness (QED) is 0.842. The van der Waals surface area contributed by atoms with Gasteiger partial charge < -0.3 is 15.0 Å². The van der Waals surface area contributed by atoms with Gasteiger partial charge in [-0.1, -0.05) is 30.3 Å². The Morgan fingerprint density at radius 2 is 1.85 bits per heavy atom. The second-order valence-corrected chi connectivity index (χ2v) is 4.88. The third-order valence-electron chi connectivity index (χ3n) is 3.35. The summed E-state index contributed by atoms with van der Waals surface area (Å²) in [6.45, 7) is 1.77. The summed E-state index contributed by atoms with van der Waals surface area (Å²) in [5.41, 5.74) is 1.10. The van der Waals surface area contributed by atoms with Crippen molar-refractivity contribution < 1.29 is 9.90 Å². The van der Waals surface area contributed by atoms with Crippen LogP contribution in [0.25, 0.3) is 0 Å². The first-order valence-electron chi connectivity index (χ1n) is 6.78. The third-order valence-corrected chi connectivity index (χ3v) is 3.35. The molecule has 2 rings (SSSR count). The molecule has 1 aromatic heterocycles. The molecule has 0 aliphatic rings. The highest BCUT2D eigenvalue weighted by Crippen LogP contribution is 2.08. The second-order valence-electron chi connectivity index (χ2n) is 4.88. The molecule has 1 heterocycles. The number of nitrogens with zero attached hydrogens (tertiary/aromatic N) is 1. The number of carbonyl (C=O) groups excluding carboxylic acids is 1. The van der Waals surface area contributed by atoms with Gasteiger partial charge in [-0.05, 0) is 31.0 Å². The molecule has 1 aromatic carbocycles. The van der Waals surface area contributed by atoms with E-state index in [0.717, 1.165) is 5.56 Å². The summed E-state index contributed by atoms with van der Waals surface area (Å²) in [4.78, 5) is 12.2. The van der Waals surface area contributed by atoms with Crippen molar-refractivity contribution in [2.45, 2.75) is 25.4 Å². The van der Waals surface area contributed by atoms with E-state index < -0.39 is 0 Å². The van der Waals surface area contributed by atoms with Gasteiger partial charge in [0, 0.05) is 12.4 Å². The maximum absolute atomic E-state index is 12.2. The number of nitrogens with one attached hydrogen (secondary N) is 1. The first kappa shape index (κ1) is 14.3. The predicted molar refractivity (Wildman–Crippen MR) is 78.3 cm³/mol. The van der Waals surface area contributed by atoms with E-state index in [4.69, 9.17) is 0 Å². The van der Waals surface area contributed by atoms with Crippen LogP contribution in [0, 0.1) is 0 Å². The molecule has 0 fully saturated rings. The Balaban J connectivity index is 1.94. The van der Waals surface area contributed by atoms with Crippen LogP contribution >= 0.6 is 0 Å². The topological polar surface area (TPSA) is 54.3 Å². The van der Waals surface area contributed by atoms with Crippen molar-refractivity contribution in [3.05, 3.63) is 60.4 Å². The summed E-state index contributed by atoms with van der Waals surface area (Å²) >= 11 is 0. The van der Waals surface area contributed by atoms with Gasteiger partial charge in [0.15, 0.2) is 0 Å². The summed E-state index contributed by atoms with van der Waals surface area (Å²) in [5, 5.41) is 12.3. The van der Waals surface area contributed by atoms with Crippen LogP contribution < -0.4 is 5.32 Å². The molecule has 0 radical (unpaired) electrons. The molecule has 2 atom stereocenters. The molecule has 106 valence electrons. The highest BCUT2D eigenvalue weighted by Gasteiger charge is 2.18. The standard InChI is InChI=1S/C16H20N2O2/c1-13(18-9-5-6-10-18)16(20)17-15(12-19)11-14-7-3-2-4-8-14/h2-10,13,15,19H,11-12H2,1H3,(H,17,20). The number of rotatable bonds is 6. The Morgan fingerprint density at radius 1 is 1.20 bits per heavy atom. The zero-order valence-corrected chi connectivity index (χ0v) is 11.6. The fraction of sp³-hybridized carbons (Fsp3) is 0.312. The van der Waals surface area contributed by atoms with E-state index in [1.54, 1.807) is 0 Å². The molecule has 0 bridgehead atoms. The van der Waals surface area contributed by atoms with Gasteiger partial charge in [-0.15, -0.1) is 0 Å². The van der Waals surface area contributed by atoms with Crippen LogP contribution in [0.1, 0.15) is 18.5 Å². The van der Waals surface area contributed by atoms with Crippen LogP contribution in [0.2, 0.25) is 0 Å². The molecule has 0 aliphatic heterocycles. The number of aromatic nitrogens is 1. The van der Waals surface area contributed by atoms with Gasteiger partial charge >= 0.3 is 0 Å². The minimum absolute atomic E-state index is 0.0704. The molecule has 0 saturated heterocycles. The fourth-order valence-electron chi connectivity index (χ4n) is 2.12. The van der Waals surface area contributed by atoms with E-state index in [1.165, 1.54) is 0 Å². The third kappa shape index (κ3) is 3.71. The molecule has 2 unspecified atom stereocenters. The van der Waals surface area contributed by atoms with E-state index in [-0.39, 0.29) is 24.6 Å². The average Bonchev–Trinajstić information content (AvgIpc) is 3.01. The maximum atomic E-state index is 12.2. The molecular formula is C16H20N2O2. The Bertz CT molecular complexity index is 523.